The normalized spacial score (nSPS) is 28.9. The van der Waals surface area contributed by atoms with Gasteiger partial charge in [-0.3, -0.25) is 14.5 Å². The smallest absolute Gasteiger partial charge is 0.320 e. The Hall–Kier alpha value is -2.83. The molecule has 1 saturated heterocycles. The molecule has 7 heteroatoms. The molecule has 4 aliphatic rings. The maximum absolute atomic E-state index is 12.7. The minimum Gasteiger partial charge on any atom is -0.497 e. The molecule has 0 unspecified atom stereocenters. The molecule has 7 nitrogen and oxygen atoms in total. The molecule has 2 N–H and O–H groups in total. The van der Waals surface area contributed by atoms with Crippen molar-refractivity contribution in [2.75, 3.05) is 19.1 Å². The summed E-state index contributed by atoms with van der Waals surface area (Å²) in [5, 5.41) is 5.28. The zero-order valence-corrected chi connectivity index (χ0v) is 14.5. The van der Waals surface area contributed by atoms with Crippen molar-refractivity contribution >= 4 is 23.5 Å². The summed E-state index contributed by atoms with van der Waals surface area (Å²) >= 11 is 0. The number of allylic oxidation sites excluding steroid dienone is 2. The first kappa shape index (κ1) is 16.6. The van der Waals surface area contributed by atoms with E-state index in [1.807, 2.05) is 0 Å². The molecule has 1 saturated carbocycles. The van der Waals surface area contributed by atoms with Gasteiger partial charge in [0.1, 0.15) is 12.4 Å². The van der Waals surface area contributed by atoms with Gasteiger partial charge >= 0.3 is 6.03 Å². The number of hydrogen-bond donors (Lipinski definition) is 2. The molecular formula is C19H21N3O4. The average molecular weight is 355 g/mol. The van der Waals surface area contributed by atoms with Crippen LogP contribution in [0.1, 0.15) is 12.8 Å². The number of nitrogens with one attached hydrogen (secondary N) is 2. The lowest BCUT2D eigenvalue weighted by Gasteiger charge is -2.38. The molecule has 2 fully saturated rings. The summed E-state index contributed by atoms with van der Waals surface area (Å²) in [6, 6.07) is 6.42. The lowest BCUT2D eigenvalue weighted by atomic mass is 9.63. The SMILES string of the molecule is COc1ccc(NC(=O)NCN2C(=O)[C@@H]3[C@H](C2=O)[C@H]2C=C[C@H]3CC2)cc1. The van der Waals surface area contributed by atoms with Crippen LogP contribution in [0.15, 0.2) is 36.4 Å². The molecule has 3 aliphatic carbocycles. The van der Waals surface area contributed by atoms with E-state index in [-0.39, 0.29) is 42.2 Å². The zero-order valence-electron chi connectivity index (χ0n) is 14.5. The van der Waals surface area contributed by atoms with Crippen LogP contribution in [0.25, 0.3) is 0 Å². The molecular weight excluding hydrogens is 334 g/mol. The van der Waals surface area contributed by atoms with E-state index < -0.39 is 6.03 Å². The van der Waals surface area contributed by atoms with Gasteiger partial charge < -0.3 is 15.4 Å². The Labute approximate surface area is 151 Å². The molecule has 0 aromatic heterocycles. The van der Waals surface area contributed by atoms with Crippen LogP contribution in [0, 0.1) is 23.7 Å². The van der Waals surface area contributed by atoms with E-state index in [0.717, 1.165) is 12.8 Å². The van der Waals surface area contributed by atoms with Crippen molar-refractivity contribution in [3.8, 4) is 5.75 Å². The molecule has 1 aromatic carbocycles. The van der Waals surface area contributed by atoms with Crippen molar-refractivity contribution in [1.82, 2.24) is 10.2 Å². The van der Waals surface area contributed by atoms with Crippen LogP contribution in [0.5, 0.6) is 5.75 Å². The molecule has 26 heavy (non-hydrogen) atoms. The van der Waals surface area contributed by atoms with Gasteiger partial charge in [-0.2, -0.15) is 0 Å². The monoisotopic (exact) mass is 355 g/mol. The summed E-state index contributed by atoms with van der Waals surface area (Å²) in [4.78, 5) is 38.6. The highest BCUT2D eigenvalue weighted by Gasteiger charge is 2.56. The predicted octanol–water partition coefficient (Wildman–Crippen LogP) is 1.97. The highest BCUT2D eigenvalue weighted by Crippen LogP contribution is 2.49. The number of carbonyl (C=O) groups excluding carboxylic acids is 3. The Morgan fingerprint density at radius 1 is 1.08 bits per heavy atom. The fourth-order valence-corrected chi connectivity index (χ4v) is 4.29. The van der Waals surface area contributed by atoms with E-state index in [0.29, 0.717) is 11.4 Å². The van der Waals surface area contributed by atoms with Crippen LogP contribution in [0.2, 0.25) is 0 Å². The van der Waals surface area contributed by atoms with Gasteiger partial charge in [0.05, 0.1) is 18.9 Å². The number of ether oxygens (including phenoxy) is 1. The fraction of sp³-hybridized carbons (Fsp3) is 0.421. The molecule has 4 atom stereocenters. The van der Waals surface area contributed by atoms with Crippen molar-refractivity contribution in [3.63, 3.8) is 0 Å². The molecule has 1 aliphatic heterocycles. The standard InChI is InChI=1S/C19H21N3O4/c1-26-14-8-6-13(7-9-14)21-19(25)20-10-22-17(23)15-11-2-3-12(5-4-11)16(15)18(22)24/h2-3,6-9,11-12,15-16H,4-5,10H2,1H3,(H2,20,21,25)/t11-,12-,15-,16+/m0/s1. The third-order valence-corrected chi connectivity index (χ3v) is 5.60. The minimum atomic E-state index is -0.466. The van der Waals surface area contributed by atoms with Gasteiger partial charge in [0.2, 0.25) is 11.8 Å². The van der Waals surface area contributed by atoms with E-state index in [9.17, 15) is 14.4 Å². The van der Waals surface area contributed by atoms with E-state index in [1.54, 1.807) is 31.4 Å². The molecule has 1 heterocycles. The van der Waals surface area contributed by atoms with Crippen LogP contribution in [-0.4, -0.2) is 36.5 Å². The third kappa shape index (κ3) is 2.73. The summed E-state index contributed by atoms with van der Waals surface area (Å²) < 4.78 is 5.07. The zero-order chi connectivity index (χ0) is 18.3. The Balaban J connectivity index is 1.36. The molecule has 0 spiro atoms. The lowest BCUT2D eigenvalue weighted by molar-refractivity contribution is -0.140. The molecule has 0 radical (unpaired) electrons. The van der Waals surface area contributed by atoms with Gasteiger partial charge in [0, 0.05) is 5.69 Å². The van der Waals surface area contributed by atoms with Crippen molar-refractivity contribution in [2.24, 2.45) is 23.7 Å². The van der Waals surface area contributed by atoms with Gasteiger partial charge in [-0.1, -0.05) is 12.2 Å². The van der Waals surface area contributed by atoms with Crippen molar-refractivity contribution in [3.05, 3.63) is 36.4 Å². The Morgan fingerprint density at radius 3 is 2.15 bits per heavy atom. The van der Waals surface area contributed by atoms with Crippen LogP contribution >= 0.6 is 0 Å². The van der Waals surface area contributed by atoms with E-state index in [2.05, 4.69) is 22.8 Å². The summed E-state index contributed by atoms with van der Waals surface area (Å²) in [5.74, 6) is 0.164. The molecule has 1 aromatic rings. The summed E-state index contributed by atoms with van der Waals surface area (Å²) in [6.45, 7) is -0.105. The highest BCUT2D eigenvalue weighted by atomic mass is 16.5. The second kappa shape index (κ2) is 6.48. The number of fused-ring (bicyclic) bond motifs is 1. The predicted molar refractivity (Wildman–Crippen MR) is 94.2 cm³/mol. The summed E-state index contributed by atoms with van der Waals surface area (Å²) in [5.41, 5.74) is 0.596. The van der Waals surface area contributed by atoms with E-state index in [4.69, 9.17) is 4.74 Å². The van der Waals surface area contributed by atoms with Gasteiger partial charge in [-0.15, -0.1) is 0 Å². The van der Waals surface area contributed by atoms with Crippen LogP contribution in [0.3, 0.4) is 0 Å². The number of imide groups is 1. The fourth-order valence-electron chi connectivity index (χ4n) is 4.29. The number of hydrogen-bond acceptors (Lipinski definition) is 4. The largest absolute Gasteiger partial charge is 0.497 e. The number of anilines is 1. The van der Waals surface area contributed by atoms with E-state index in [1.165, 1.54) is 4.90 Å². The number of urea groups is 1. The number of carbonyl (C=O) groups is 3. The maximum Gasteiger partial charge on any atom is 0.320 e. The number of rotatable bonds is 4. The molecule has 4 amide bonds. The second-order valence-corrected chi connectivity index (χ2v) is 6.96. The number of benzene rings is 1. The minimum absolute atomic E-state index is 0.105. The molecule has 5 rings (SSSR count). The van der Waals surface area contributed by atoms with Gasteiger partial charge in [-0.25, -0.2) is 4.79 Å². The average Bonchev–Trinajstić information content (AvgIpc) is 2.94. The van der Waals surface area contributed by atoms with Crippen molar-refractivity contribution in [1.29, 1.82) is 0 Å². The van der Waals surface area contributed by atoms with Crippen LogP contribution < -0.4 is 15.4 Å². The van der Waals surface area contributed by atoms with Crippen molar-refractivity contribution < 1.29 is 19.1 Å². The first-order chi connectivity index (χ1) is 12.6. The van der Waals surface area contributed by atoms with Gasteiger partial charge in [-0.05, 0) is 48.9 Å². The van der Waals surface area contributed by atoms with Gasteiger partial charge in [0.15, 0.2) is 0 Å². The highest BCUT2D eigenvalue weighted by molar-refractivity contribution is 6.06. The van der Waals surface area contributed by atoms with Crippen LogP contribution in [-0.2, 0) is 9.59 Å². The number of methoxy groups -OCH3 is 1. The van der Waals surface area contributed by atoms with Gasteiger partial charge in [0.25, 0.3) is 0 Å². The van der Waals surface area contributed by atoms with Crippen molar-refractivity contribution in [2.45, 2.75) is 12.8 Å². The molecule has 136 valence electrons. The second-order valence-electron chi connectivity index (χ2n) is 6.96. The Bertz CT molecular complexity index is 741. The third-order valence-electron chi connectivity index (χ3n) is 5.60. The number of nitrogens with zero attached hydrogens (tertiary/aromatic N) is 1. The first-order valence-electron chi connectivity index (χ1n) is 8.81. The lowest BCUT2D eigenvalue weighted by Crippen LogP contribution is -2.43. The molecule has 2 bridgehead atoms. The number of likely N-dealkylation sites (tertiary alicyclic amines) is 1. The Kier molecular flexibility index (Phi) is 4.14. The summed E-state index contributed by atoms with van der Waals surface area (Å²) in [6.07, 6.45) is 6.07. The maximum atomic E-state index is 12.7. The topological polar surface area (TPSA) is 87.7 Å². The first-order valence-corrected chi connectivity index (χ1v) is 8.81. The summed E-state index contributed by atoms with van der Waals surface area (Å²) in [7, 11) is 1.57. The number of amides is 4. The van der Waals surface area contributed by atoms with E-state index >= 15 is 0 Å². The Morgan fingerprint density at radius 2 is 1.65 bits per heavy atom. The van der Waals surface area contributed by atoms with Crippen LogP contribution in [0.4, 0.5) is 10.5 Å². The quantitative estimate of drug-likeness (QED) is 0.638.